The zero-order valence-corrected chi connectivity index (χ0v) is 9.68. The summed E-state index contributed by atoms with van der Waals surface area (Å²) in [5, 5.41) is 0. The molecule has 14 heavy (non-hydrogen) atoms. The van der Waals surface area contributed by atoms with E-state index in [1.165, 1.54) is 19.3 Å². The molecule has 2 aliphatic carbocycles. The first-order valence-electron chi connectivity index (χ1n) is 5.70. The smallest absolute Gasteiger partial charge is 0.0648 e. The van der Waals surface area contributed by atoms with Crippen LogP contribution in [0.3, 0.4) is 0 Å². The Hall–Kier alpha value is -0.300. The van der Waals surface area contributed by atoms with Crippen molar-refractivity contribution in [1.29, 1.82) is 0 Å². The molecule has 0 spiro atoms. The molecule has 0 unspecified atom stereocenters. The Morgan fingerprint density at radius 2 is 2.14 bits per heavy atom. The molecule has 0 radical (unpaired) electrons. The topological polar surface area (TPSA) is 9.23 Å². The molecule has 0 N–H and O–H groups in total. The van der Waals surface area contributed by atoms with E-state index in [0.29, 0.717) is 23.5 Å². The molecular formula is C13H22O. The molecule has 80 valence electrons. The van der Waals surface area contributed by atoms with Gasteiger partial charge in [0.1, 0.15) is 0 Å². The first-order chi connectivity index (χ1) is 6.48. The van der Waals surface area contributed by atoms with Crippen LogP contribution in [0, 0.1) is 16.7 Å². The Morgan fingerprint density at radius 1 is 1.43 bits per heavy atom. The largest absolute Gasteiger partial charge is 0.374 e. The minimum atomic E-state index is 0.442. The van der Waals surface area contributed by atoms with Crippen molar-refractivity contribution in [3.63, 3.8) is 0 Å². The van der Waals surface area contributed by atoms with Crippen molar-refractivity contribution in [2.75, 3.05) is 6.61 Å². The van der Waals surface area contributed by atoms with Gasteiger partial charge in [-0.25, -0.2) is 0 Å². The van der Waals surface area contributed by atoms with E-state index in [1.54, 1.807) is 0 Å². The van der Waals surface area contributed by atoms with Crippen LogP contribution in [0.1, 0.15) is 40.0 Å². The molecular weight excluding hydrogens is 172 g/mol. The van der Waals surface area contributed by atoms with Crippen LogP contribution in [0.15, 0.2) is 12.7 Å². The van der Waals surface area contributed by atoms with Gasteiger partial charge in [0.25, 0.3) is 0 Å². The predicted octanol–water partition coefficient (Wildman–Crippen LogP) is 3.40. The van der Waals surface area contributed by atoms with Crippen molar-refractivity contribution < 1.29 is 4.74 Å². The summed E-state index contributed by atoms with van der Waals surface area (Å²) in [6, 6.07) is 0. The second kappa shape index (κ2) is 3.10. The summed E-state index contributed by atoms with van der Waals surface area (Å²) in [5.41, 5.74) is 0.986. The standard InChI is InChI=1S/C13H22O/c1-5-6-14-11-7-10-8-13(11,4)9-12(10,2)3/h5,10-11H,1,6-9H2,2-4H3/t10-,11-,13+/m0/s1. The van der Waals surface area contributed by atoms with Crippen molar-refractivity contribution in [3.8, 4) is 0 Å². The fourth-order valence-electron chi connectivity index (χ4n) is 3.74. The van der Waals surface area contributed by atoms with Crippen molar-refractivity contribution in [1.82, 2.24) is 0 Å². The van der Waals surface area contributed by atoms with Gasteiger partial charge in [-0.15, -0.1) is 6.58 Å². The van der Waals surface area contributed by atoms with E-state index in [0.717, 1.165) is 5.92 Å². The highest BCUT2D eigenvalue weighted by atomic mass is 16.5. The lowest BCUT2D eigenvalue weighted by Gasteiger charge is -2.38. The van der Waals surface area contributed by atoms with E-state index in [2.05, 4.69) is 27.4 Å². The van der Waals surface area contributed by atoms with Crippen molar-refractivity contribution in [2.24, 2.45) is 16.7 Å². The van der Waals surface area contributed by atoms with Gasteiger partial charge in [0.05, 0.1) is 12.7 Å². The van der Waals surface area contributed by atoms with E-state index in [1.807, 2.05) is 6.08 Å². The molecule has 2 bridgehead atoms. The maximum atomic E-state index is 5.86. The van der Waals surface area contributed by atoms with Gasteiger partial charge in [0.2, 0.25) is 0 Å². The van der Waals surface area contributed by atoms with E-state index in [-0.39, 0.29) is 0 Å². The summed E-state index contributed by atoms with van der Waals surface area (Å²) in [5.74, 6) is 0.877. The minimum absolute atomic E-state index is 0.442. The minimum Gasteiger partial charge on any atom is -0.374 e. The Labute approximate surface area is 87.5 Å². The van der Waals surface area contributed by atoms with Gasteiger partial charge in [-0.1, -0.05) is 26.8 Å². The molecule has 2 saturated carbocycles. The van der Waals surface area contributed by atoms with E-state index < -0.39 is 0 Å². The highest BCUT2D eigenvalue weighted by molar-refractivity contribution is 5.07. The Balaban J connectivity index is 2.05. The molecule has 3 atom stereocenters. The number of rotatable bonds is 3. The SMILES string of the molecule is C=CCO[C@H]1C[C@H]2C[C@]1(C)CC2(C)C. The molecule has 1 heteroatoms. The lowest BCUT2D eigenvalue weighted by atomic mass is 9.71. The van der Waals surface area contributed by atoms with E-state index in [9.17, 15) is 0 Å². The monoisotopic (exact) mass is 194 g/mol. The van der Waals surface area contributed by atoms with Crippen molar-refractivity contribution in [2.45, 2.75) is 46.1 Å². The van der Waals surface area contributed by atoms with Crippen LogP contribution in [0.4, 0.5) is 0 Å². The number of fused-ring (bicyclic) bond motifs is 2. The molecule has 0 aromatic heterocycles. The third kappa shape index (κ3) is 1.42. The Morgan fingerprint density at radius 3 is 2.57 bits per heavy atom. The molecule has 0 amide bonds. The third-order valence-electron chi connectivity index (χ3n) is 4.37. The van der Waals surface area contributed by atoms with E-state index in [4.69, 9.17) is 4.74 Å². The summed E-state index contributed by atoms with van der Waals surface area (Å²) in [6.45, 7) is 11.6. The number of hydrogen-bond acceptors (Lipinski definition) is 1. The van der Waals surface area contributed by atoms with Crippen LogP contribution in [0.25, 0.3) is 0 Å². The Bertz CT molecular complexity index is 244. The molecule has 2 aliphatic rings. The maximum Gasteiger partial charge on any atom is 0.0648 e. The summed E-state index contributed by atoms with van der Waals surface area (Å²) in [6.07, 6.45) is 6.30. The summed E-state index contributed by atoms with van der Waals surface area (Å²) in [4.78, 5) is 0. The molecule has 0 aromatic carbocycles. The van der Waals surface area contributed by atoms with Crippen molar-refractivity contribution in [3.05, 3.63) is 12.7 Å². The first-order valence-corrected chi connectivity index (χ1v) is 5.70. The molecule has 2 rings (SSSR count). The molecule has 1 nitrogen and oxygen atoms in total. The molecule has 0 saturated heterocycles. The average molecular weight is 194 g/mol. The van der Waals surface area contributed by atoms with Gasteiger partial charge < -0.3 is 4.74 Å². The lowest BCUT2D eigenvalue weighted by molar-refractivity contribution is -0.0321. The van der Waals surface area contributed by atoms with Crippen LogP contribution in [0.2, 0.25) is 0 Å². The third-order valence-corrected chi connectivity index (χ3v) is 4.37. The fraction of sp³-hybridized carbons (Fsp3) is 0.846. The van der Waals surface area contributed by atoms with Crippen LogP contribution in [0.5, 0.6) is 0 Å². The predicted molar refractivity (Wildman–Crippen MR) is 59.2 cm³/mol. The molecule has 0 heterocycles. The van der Waals surface area contributed by atoms with Gasteiger partial charge in [0, 0.05) is 0 Å². The van der Waals surface area contributed by atoms with Gasteiger partial charge in [-0.3, -0.25) is 0 Å². The van der Waals surface area contributed by atoms with Crippen molar-refractivity contribution >= 4 is 0 Å². The normalized spacial score (nSPS) is 44.2. The maximum absolute atomic E-state index is 5.86. The quantitative estimate of drug-likeness (QED) is 0.626. The van der Waals surface area contributed by atoms with Gasteiger partial charge in [-0.2, -0.15) is 0 Å². The summed E-state index contributed by atoms with van der Waals surface area (Å²) < 4.78 is 5.86. The summed E-state index contributed by atoms with van der Waals surface area (Å²) >= 11 is 0. The van der Waals surface area contributed by atoms with Crippen LogP contribution in [-0.4, -0.2) is 12.7 Å². The molecule has 0 aliphatic heterocycles. The first kappa shape index (κ1) is 10.2. The highest BCUT2D eigenvalue weighted by Crippen LogP contribution is 2.63. The van der Waals surface area contributed by atoms with Gasteiger partial charge >= 0.3 is 0 Å². The highest BCUT2D eigenvalue weighted by Gasteiger charge is 2.57. The second-order valence-corrected chi connectivity index (χ2v) is 6.07. The fourth-order valence-corrected chi connectivity index (χ4v) is 3.74. The molecule has 2 fully saturated rings. The molecule has 0 aromatic rings. The van der Waals surface area contributed by atoms with Gasteiger partial charge in [0.15, 0.2) is 0 Å². The van der Waals surface area contributed by atoms with Gasteiger partial charge in [-0.05, 0) is 36.0 Å². The zero-order chi connectivity index (χ0) is 10.4. The number of ether oxygens (including phenoxy) is 1. The Kier molecular flexibility index (Phi) is 2.26. The summed E-state index contributed by atoms with van der Waals surface area (Å²) in [7, 11) is 0. The number of hydrogen-bond donors (Lipinski definition) is 0. The van der Waals surface area contributed by atoms with Crippen LogP contribution in [-0.2, 0) is 4.74 Å². The van der Waals surface area contributed by atoms with Crippen LogP contribution >= 0.6 is 0 Å². The van der Waals surface area contributed by atoms with E-state index >= 15 is 0 Å². The second-order valence-electron chi connectivity index (χ2n) is 6.07. The van der Waals surface area contributed by atoms with Crippen LogP contribution < -0.4 is 0 Å². The average Bonchev–Trinajstić information content (AvgIpc) is 2.48. The zero-order valence-electron chi connectivity index (χ0n) is 9.68. The lowest BCUT2D eigenvalue weighted by Crippen LogP contribution is -2.35.